The molecule has 0 fully saturated rings. The van der Waals surface area contributed by atoms with E-state index in [1.807, 2.05) is 12.1 Å². The minimum absolute atomic E-state index is 0.334. The maximum absolute atomic E-state index is 16.0. The van der Waals surface area contributed by atoms with Gasteiger partial charge in [0.2, 0.25) is 0 Å². The Labute approximate surface area is 382 Å². The zero-order chi connectivity index (χ0) is 45.2. The molecule has 0 radical (unpaired) electrons. The van der Waals surface area contributed by atoms with Crippen molar-refractivity contribution in [3.05, 3.63) is 215 Å². The molecular weight excluding hydrogens is 813 g/mol. The predicted octanol–water partition coefficient (Wildman–Crippen LogP) is 16.6. The van der Waals surface area contributed by atoms with Gasteiger partial charge in [-0.2, -0.15) is 0 Å². The van der Waals surface area contributed by atoms with E-state index >= 15 is 8.78 Å². The van der Waals surface area contributed by atoms with Crippen molar-refractivity contribution in [3.63, 3.8) is 0 Å². The molecular formula is C61H47F2N3. The van der Waals surface area contributed by atoms with E-state index in [-0.39, 0.29) is 11.6 Å². The van der Waals surface area contributed by atoms with Crippen molar-refractivity contribution in [1.29, 1.82) is 0 Å². The number of fused-ring (bicyclic) bond motifs is 9. The predicted molar refractivity (Wildman–Crippen MR) is 273 cm³/mol. The summed E-state index contributed by atoms with van der Waals surface area (Å²) in [4.78, 5) is 0. The molecule has 5 heteroatoms. The molecule has 12 aromatic rings. The van der Waals surface area contributed by atoms with Gasteiger partial charge in [0, 0.05) is 60.0 Å². The second kappa shape index (κ2) is 14.6. The van der Waals surface area contributed by atoms with Crippen LogP contribution in [0.5, 0.6) is 0 Å². The summed E-state index contributed by atoms with van der Waals surface area (Å²) < 4.78 is 39.3. The average Bonchev–Trinajstić information content (AvgIpc) is 3.93. The third kappa shape index (κ3) is 5.92. The standard InChI is InChI=1S/C61H47F2N3/c1-36-21-25-52-48(29-36)49-30-37(2)22-26-53(49)64(52)59-46(40-13-11-15-42(62)33-40)35-47(41-14-12-16-43(63)34-41)60(65-54-27-23-38(3)31-50(54)51-32-39(4)24-28-55(51)65)58(59)61(5,6)66-56-19-9-7-17-44(56)45-18-8-10-20-57(45)66/h7-35H,1-6H3. The maximum atomic E-state index is 16.0. The smallest absolute Gasteiger partial charge is 0.123 e. The topological polar surface area (TPSA) is 14.8 Å². The van der Waals surface area contributed by atoms with E-state index in [2.05, 4.69) is 183 Å². The highest BCUT2D eigenvalue weighted by Gasteiger charge is 2.38. The second-order valence-corrected chi connectivity index (χ2v) is 18.7. The summed E-state index contributed by atoms with van der Waals surface area (Å²) in [6.45, 7) is 13.2. The molecule has 12 rings (SSSR count). The number of para-hydroxylation sites is 2. The average molecular weight is 860 g/mol. The van der Waals surface area contributed by atoms with Gasteiger partial charge in [0.05, 0.1) is 39.0 Å². The van der Waals surface area contributed by atoms with Crippen LogP contribution in [-0.4, -0.2) is 13.7 Å². The van der Waals surface area contributed by atoms with Crippen molar-refractivity contribution in [2.24, 2.45) is 0 Å². The summed E-state index contributed by atoms with van der Waals surface area (Å²) in [7, 11) is 0. The van der Waals surface area contributed by atoms with Crippen LogP contribution in [0.1, 0.15) is 41.7 Å². The minimum Gasteiger partial charge on any atom is -0.330 e. The van der Waals surface area contributed by atoms with Crippen LogP contribution in [0.25, 0.3) is 99.0 Å². The quantitative estimate of drug-likeness (QED) is 0.158. The lowest BCUT2D eigenvalue weighted by atomic mass is 9.82. The largest absolute Gasteiger partial charge is 0.330 e. The number of hydrogen-bond donors (Lipinski definition) is 0. The molecule has 0 aliphatic heterocycles. The molecule has 0 atom stereocenters. The zero-order valence-electron chi connectivity index (χ0n) is 37.8. The highest BCUT2D eigenvalue weighted by Crippen LogP contribution is 2.52. The monoisotopic (exact) mass is 859 g/mol. The fourth-order valence-electron chi connectivity index (χ4n) is 11.1. The van der Waals surface area contributed by atoms with Gasteiger partial charge >= 0.3 is 0 Å². The number of aryl methyl sites for hydroxylation is 4. The normalized spacial score (nSPS) is 12.2. The first-order valence-corrected chi connectivity index (χ1v) is 22.7. The van der Waals surface area contributed by atoms with E-state index in [0.29, 0.717) is 0 Å². The molecule has 0 unspecified atom stereocenters. The minimum atomic E-state index is -0.866. The van der Waals surface area contributed by atoms with Crippen molar-refractivity contribution in [1.82, 2.24) is 13.7 Å². The van der Waals surface area contributed by atoms with Crippen molar-refractivity contribution < 1.29 is 8.78 Å². The van der Waals surface area contributed by atoms with Gasteiger partial charge in [-0.25, -0.2) is 8.78 Å². The van der Waals surface area contributed by atoms with Gasteiger partial charge in [0.1, 0.15) is 11.6 Å². The summed E-state index contributed by atoms with van der Waals surface area (Å²) in [6, 6.07) is 60.2. The van der Waals surface area contributed by atoms with Gasteiger partial charge in [-0.1, -0.05) is 107 Å². The molecule has 3 heterocycles. The summed E-state index contributed by atoms with van der Waals surface area (Å²) in [5, 5.41) is 6.86. The molecule has 0 spiro atoms. The van der Waals surface area contributed by atoms with Crippen molar-refractivity contribution in [2.75, 3.05) is 0 Å². The fourth-order valence-corrected chi connectivity index (χ4v) is 11.1. The van der Waals surface area contributed by atoms with Gasteiger partial charge in [0.25, 0.3) is 0 Å². The first kappa shape index (κ1) is 39.8. The number of hydrogen-bond acceptors (Lipinski definition) is 0. The van der Waals surface area contributed by atoms with Crippen LogP contribution >= 0.6 is 0 Å². The molecule has 0 bridgehead atoms. The molecule has 320 valence electrons. The molecule has 9 aromatic carbocycles. The van der Waals surface area contributed by atoms with Gasteiger partial charge in [0.15, 0.2) is 0 Å². The number of benzene rings is 9. The third-order valence-corrected chi connectivity index (χ3v) is 13.9. The van der Waals surface area contributed by atoms with Crippen molar-refractivity contribution in [2.45, 2.75) is 47.1 Å². The number of rotatable bonds is 6. The lowest BCUT2D eigenvalue weighted by Gasteiger charge is -2.37. The Bertz CT molecular complexity index is 3620. The van der Waals surface area contributed by atoms with Crippen LogP contribution < -0.4 is 0 Å². The van der Waals surface area contributed by atoms with Crippen LogP contribution in [0.3, 0.4) is 0 Å². The second-order valence-electron chi connectivity index (χ2n) is 18.7. The zero-order valence-corrected chi connectivity index (χ0v) is 37.8. The summed E-state index contributed by atoms with van der Waals surface area (Å²) >= 11 is 0. The van der Waals surface area contributed by atoms with Gasteiger partial charge in [-0.3, -0.25) is 0 Å². The third-order valence-electron chi connectivity index (χ3n) is 13.9. The first-order valence-electron chi connectivity index (χ1n) is 22.7. The van der Waals surface area contributed by atoms with E-state index < -0.39 is 5.54 Å². The molecule has 0 aliphatic carbocycles. The Morgan fingerprint density at radius 1 is 0.348 bits per heavy atom. The fraction of sp³-hybridized carbons (Fsp3) is 0.115. The Kier molecular flexibility index (Phi) is 8.82. The highest BCUT2D eigenvalue weighted by atomic mass is 19.1. The maximum Gasteiger partial charge on any atom is 0.123 e. The molecule has 0 saturated carbocycles. The summed E-state index contributed by atoms with van der Waals surface area (Å²) in [6.07, 6.45) is 0. The molecule has 0 saturated heterocycles. The van der Waals surface area contributed by atoms with Crippen LogP contribution in [0.4, 0.5) is 8.78 Å². The summed E-state index contributed by atoms with van der Waals surface area (Å²) in [5.74, 6) is -0.667. The Morgan fingerprint density at radius 3 is 1.08 bits per heavy atom. The van der Waals surface area contributed by atoms with Crippen LogP contribution in [-0.2, 0) is 5.54 Å². The Balaban J connectivity index is 1.41. The molecule has 0 N–H and O–H groups in total. The first-order chi connectivity index (χ1) is 32.0. The summed E-state index contributed by atoms with van der Waals surface area (Å²) in [5.41, 5.74) is 16.1. The Hall–Kier alpha value is -7.76. The molecule has 3 nitrogen and oxygen atoms in total. The van der Waals surface area contributed by atoms with E-state index in [9.17, 15) is 0 Å². The van der Waals surface area contributed by atoms with Crippen LogP contribution in [0.2, 0.25) is 0 Å². The molecule has 0 amide bonds. The van der Waals surface area contributed by atoms with Crippen LogP contribution in [0, 0.1) is 39.3 Å². The van der Waals surface area contributed by atoms with E-state index in [0.717, 1.165) is 127 Å². The van der Waals surface area contributed by atoms with Gasteiger partial charge in [-0.05, 0) is 144 Å². The molecule has 3 aromatic heterocycles. The van der Waals surface area contributed by atoms with Crippen molar-refractivity contribution >= 4 is 65.4 Å². The molecule has 66 heavy (non-hydrogen) atoms. The van der Waals surface area contributed by atoms with E-state index in [1.54, 1.807) is 24.3 Å². The van der Waals surface area contributed by atoms with E-state index in [4.69, 9.17) is 0 Å². The van der Waals surface area contributed by atoms with Crippen molar-refractivity contribution in [3.8, 4) is 33.6 Å². The van der Waals surface area contributed by atoms with Crippen LogP contribution in [0.15, 0.2) is 176 Å². The SMILES string of the molecule is Cc1ccc2c(c1)c1cc(C)ccc1n2-c1c(-c2cccc(F)c2)cc(-c2cccc(F)c2)c(-n2c3ccc(C)cc3c3cc(C)ccc32)c1C(C)(C)n1c2ccccc2c2ccccc21. The van der Waals surface area contributed by atoms with E-state index in [1.165, 1.54) is 12.1 Å². The number of halogens is 2. The van der Waals surface area contributed by atoms with Gasteiger partial charge in [-0.15, -0.1) is 0 Å². The molecule has 0 aliphatic rings. The number of aromatic nitrogens is 3. The highest BCUT2D eigenvalue weighted by molar-refractivity contribution is 6.14. The number of nitrogens with zero attached hydrogens (tertiary/aromatic N) is 3. The lowest BCUT2D eigenvalue weighted by molar-refractivity contribution is 0.462. The lowest BCUT2D eigenvalue weighted by Crippen LogP contribution is -2.31. The Morgan fingerprint density at radius 2 is 0.712 bits per heavy atom. The van der Waals surface area contributed by atoms with Gasteiger partial charge < -0.3 is 13.7 Å².